The van der Waals surface area contributed by atoms with Crippen molar-refractivity contribution in [3.05, 3.63) is 16.6 Å². The van der Waals surface area contributed by atoms with E-state index in [-0.39, 0.29) is 18.1 Å². The van der Waals surface area contributed by atoms with Gasteiger partial charge < -0.3 is 15.4 Å². The summed E-state index contributed by atoms with van der Waals surface area (Å²) in [7, 11) is 0. The van der Waals surface area contributed by atoms with Gasteiger partial charge in [0.15, 0.2) is 0 Å². The van der Waals surface area contributed by atoms with E-state index < -0.39 is 0 Å². The standard InChI is InChI=1S/C10H15N3O2S/c1-7(9-11-3-5-16-9)12-10(14)13-8-2-4-15-6-8/h3,5,7-8H,2,4,6H2,1H3,(H2,12,13,14). The Balaban J connectivity index is 1.78. The lowest BCUT2D eigenvalue weighted by atomic mass is 10.3. The van der Waals surface area contributed by atoms with Crippen molar-refractivity contribution in [1.29, 1.82) is 0 Å². The molecule has 1 saturated heterocycles. The number of thiazole rings is 1. The van der Waals surface area contributed by atoms with Crippen LogP contribution in [0.25, 0.3) is 0 Å². The molecule has 1 aliphatic heterocycles. The first-order valence-corrected chi connectivity index (χ1v) is 6.18. The van der Waals surface area contributed by atoms with E-state index in [1.54, 1.807) is 6.20 Å². The van der Waals surface area contributed by atoms with Crippen LogP contribution in [0.15, 0.2) is 11.6 Å². The normalized spacial score (nSPS) is 21.7. The molecule has 88 valence electrons. The minimum absolute atomic E-state index is 0.0534. The summed E-state index contributed by atoms with van der Waals surface area (Å²) < 4.78 is 5.18. The molecule has 2 rings (SSSR count). The quantitative estimate of drug-likeness (QED) is 0.838. The third-order valence-electron chi connectivity index (χ3n) is 2.43. The number of nitrogens with one attached hydrogen (secondary N) is 2. The van der Waals surface area contributed by atoms with Gasteiger partial charge in [-0.05, 0) is 13.3 Å². The van der Waals surface area contributed by atoms with Crippen LogP contribution in [0.3, 0.4) is 0 Å². The predicted molar refractivity (Wildman–Crippen MR) is 61.4 cm³/mol. The summed E-state index contributed by atoms with van der Waals surface area (Å²) in [5.41, 5.74) is 0. The molecule has 0 radical (unpaired) electrons. The lowest BCUT2D eigenvalue weighted by Crippen LogP contribution is -2.43. The number of aromatic nitrogens is 1. The molecule has 2 unspecified atom stereocenters. The highest BCUT2D eigenvalue weighted by atomic mass is 32.1. The molecule has 6 heteroatoms. The fourth-order valence-corrected chi connectivity index (χ4v) is 2.23. The highest BCUT2D eigenvalue weighted by molar-refractivity contribution is 7.09. The van der Waals surface area contributed by atoms with Crippen LogP contribution in [0.4, 0.5) is 4.79 Å². The van der Waals surface area contributed by atoms with Gasteiger partial charge in [-0.2, -0.15) is 0 Å². The van der Waals surface area contributed by atoms with Crippen LogP contribution >= 0.6 is 11.3 Å². The van der Waals surface area contributed by atoms with Crippen LogP contribution in [0, 0.1) is 0 Å². The number of rotatable bonds is 3. The summed E-state index contributed by atoms with van der Waals surface area (Å²) in [6, 6.07) is -0.0657. The molecule has 0 spiro atoms. The Morgan fingerprint density at radius 1 is 1.75 bits per heavy atom. The van der Waals surface area contributed by atoms with E-state index in [9.17, 15) is 4.79 Å². The smallest absolute Gasteiger partial charge is 0.315 e. The van der Waals surface area contributed by atoms with Crippen molar-refractivity contribution in [2.45, 2.75) is 25.4 Å². The van der Waals surface area contributed by atoms with Gasteiger partial charge in [0.1, 0.15) is 5.01 Å². The maximum Gasteiger partial charge on any atom is 0.315 e. The Morgan fingerprint density at radius 2 is 2.62 bits per heavy atom. The number of carbonyl (C=O) groups excluding carboxylic acids is 1. The zero-order chi connectivity index (χ0) is 11.4. The number of ether oxygens (including phenoxy) is 1. The number of hydrogen-bond acceptors (Lipinski definition) is 4. The molecule has 1 aliphatic rings. The van der Waals surface area contributed by atoms with E-state index in [1.165, 1.54) is 11.3 Å². The van der Waals surface area contributed by atoms with Crippen molar-refractivity contribution in [2.24, 2.45) is 0 Å². The molecule has 0 aliphatic carbocycles. The van der Waals surface area contributed by atoms with Crippen LogP contribution in [0.2, 0.25) is 0 Å². The average Bonchev–Trinajstić information content (AvgIpc) is 2.88. The highest BCUT2D eigenvalue weighted by Crippen LogP contribution is 2.14. The molecule has 16 heavy (non-hydrogen) atoms. The molecular formula is C10H15N3O2S. The molecule has 0 saturated carbocycles. The molecule has 0 aromatic carbocycles. The van der Waals surface area contributed by atoms with E-state index in [0.29, 0.717) is 6.61 Å². The first kappa shape index (κ1) is 11.3. The van der Waals surface area contributed by atoms with Gasteiger partial charge in [0.25, 0.3) is 0 Å². The zero-order valence-electron chi connectivity index (χ0n) is 9.10. The Labute approximate surface area is 98.2 Å². The lowest BCUT2D eigenvalue weighted by molar-refractivity contribution is 0.188. The number of amides is 2. The topological polar surface area (TPSA) is 63.2 Å². The van der Waals surface area contributed by atoms with E-state index in [0.717, 1.165) is 18.0 Å². The number of nitrogens with zero attached hydrogens (tertiary/aromatic N) is 1. The summed E-state index contributed by atoms with van der Waals surface area (Å²) in [5.74, 6) is 0. The van der Waals surface area contributed by atoms with E-state index in [4.69, 9.17) is 4.74 Å². The third-order valence-corrected chi connectivity index (χ3v) is 3.39. The first-order chi connectivity index (χ1) is 7.75. The fourth-order valence-electron chi connectivity index (χ4n) is 1.58. The number of urea groups is 1. The molecular weight excluding hydrogens is 226 g/mol. The van der Waals surface area contributed by atoms with Gasteiger partial charge in [-0.1, -0.05) is 0 Å². The monoisotopic (exact) mass is 241 g/mol. The second-order valence-corrected chi connectivity index (χ2v) is 4.70. The van der Waals surface area contributed by atoms with Gasteiger partial charge >= 0.3 is 6.03 Å². The Hall–Kier alpha value is -1.14. The molecule has 2 heterocycles. The maximum absolute atomic E-state index is 11.6. The Morgan fingerprint density at radius 3 is 3.25 bits per heavy atom. The molecule has 1 aromatic heterocycles. The van der Waals surface area contributed by atoms with Crippen LogP contribution < -0.4 is 10.6 Å². The lowest BCUT2D eigenvalue weighted by Gasteiger charge is -2.15. The number of hydrogen-bond donors (Lipinski definition) is 2. The SMILES string of the molecule is CC(NC(=O)NC1CCOC1)c1nccs1. The van der Waals surface area contributed by atoms with Crippen molar-refractivity contribution in [3.8, 4) is 0 Å². The molecule has 1 fully saturated rings. The van der Waals surface area contributed by atoms with Gasteiger partial charge in [-0.15, -0.1) is 11.3 Å². The molecule has 2 atom stereocenters. The summed E-state index contributed by atoms with van der Waals surface area (Å²) in [6.45, 7) is 3.26. The predicted octanol–water partition coefficient (Wildman–Crippen LogP) is 1.29. The molecule has 5 nitrogen and oxygen atoms in total. The highest BCUT2D eigenvalue weighted by Gasteiger charge is 2.19. The second-order valence-electron chi connectivity index (χ2n) is 3.77. The van der Waals surface area contributed by atoms with E-state index in [1.807, 2.05) is 12.3 Å². The van der Waals surface area contributed by atoms with Gasteiger partial charge in [-0.25, -0.2) is 9.78 Å². The van der Waals surface area contributed by atoms with Crippen LogP contribution in [-0.4, -0.2) is 30.3 Å². The molecule has 1 aromatic rings. The minimum Gasteiger partial charge on any atom is -0.379 e. The summed E-state index contributed by atoms with van der Waals surface area (Å²) in [6.07, 6.45) is 2.62. The summed E-state index contributed by atoms with van der Waals surface area (Å²) >= 11 is 1.54. The average molecular weight is 241 g/mol. The minimum atomic E-state index is -0.154. The molecule has 2 N–H and O–H groups in total. The largest absolute Gasteiger partial charge is 0.379 e. The number of carbonyl (C=O) groups is 1. The van der Waals surface area contributed by atoms with Crippen molar-refractivity contribution >= 4 is 17.4 Å². The summed E-state index contributed by atoms with van der Waals surface area (Å²) in [5, 5.41) is 8.54. The van der Waals surface area contributed by atoms with E-state index >= 15 is 0 Å². The molecule has 0 bridgehead atoms. The van der Waals surface area contributed by atoms with E-state index in [2.05, 4.69) is 15.6 Å². The van der Waals surface area contributed by atoms with Gasteiger partial charge in [-0.3, -0.25) is 0 Å². The first-order valence-electron chi connectivity index (χ1n) is 5.30. The maximum atomic E-state index is 11.6. The zero-order valence-corrected chi connectivity index (χ0v) is 9.92. The van der Waals surface area contributed by atoms with Crippen LogP contribution in [0.5, 0.6) is 0 Å². The van der Waals surface area contributed by atoms with Crippen LogP contribution in [-0.2, 0) is 4.74 Å². The molecule has 2 amide bonds. The van der Waals surface area contributed by atoms with Crippen LogP contribution in [0.1, 0.15) is 24.4 Å². The van der Waals surface area contributed by atoms with Crippen molar-refractivity contribution in [3.63, 3.8) is 0 Å². The van der Waals surface area contributed by atoms with Gasteiger partial charge in [0.05, 0.1) is 18.7 Å². The van der Waals surface area contributed by atoms with Crippen molar-refractivity contribution < 1.29 is 9.53 Å². The van der Waals surface area contributed by atoms with Crippen molar-refractivity contribution in [2.75, 3.05) is 13.2 Å². The van der Waals surface area contributed by atoms with Gasteiger partial charge in [0, 0.05) is 18.2 Å². The Kier molecular flexibility index (Phi) is 3.74. The second kappa shape index (κ2) is 5.27. The fraction of sp³-hybridized carbons (Fsp3) is 0.600. The summed E-state index contributed by atoms with van der Waals surface area (Å²) in [4.78, 5) is 15.8. The third kappa shape index (κ3) is 2.93. The van der Waals surface area contributed by atoms with Crippen molar-refractivity contribution in [1.82, 2.24) is 15.6 Å². The van der Waals surface area contributed by atoms with Gasteiger partial charge in [0.2, 0.25) is 0 Å². The Bertz CT molecular complexity index is 336.